The number of ether oxygens (including phenoxy) is 1. The lowest BCUT2D eigenvalue weighted by molar-refractivity contribution is 0.0986. The van der Waals surface area contributed by atoms with Crippen molar-refractivity contribution in [2.45, 2.75) is 12.5 Å². The van der Waals surface area contributed by atoms with E-state index in [9.17, 15) is 4.79 Å². The number of amides is 1. The van der Waals surface area contributed by atoms with Crippen LogP contribution < -0.4 is 15.8 Å². The summed E-state index contributed by atoms with van der Waals surface area (Å²) >= 11 is 0. The summed E-state index contributed by atoms with van der Waals surface area (Å²) in [5.41, 5.74) is 5.24. The number of hydrogen-bond donors (Lipinski definition) is 2. The molecule has 3 N–H and O–H groups in total. The predicted molar refractivity (Wildman–Crippen MR) is 52.5 cm³/mol. The van der Waals surface area contributed by atoms with Crippen LogP contribution in [0.4, 0.5) is 0 Å². The van der Waals surface area contributed by atoms with Crippen LogP contribution in [0.3, 0.4) is 0 Å². The second-order valence-electron chi connectivity index (χ2n) is 3.31. The fraction of sp³-hybridized carbons (Fsp3) is 0.444. The van der Waals surface area contributed by atoms with Crippen LogP contribution in [0.25, 0.3) is 0 Å². The van der Waals surface area contributed by atoms with E-state index in [2.05, 4.69) is 15.3 Å². The zero-order chi connectivity index (χ0) is 10.7. The van der Waals surface area contributed by atoms with Gasteiger partial charge in [0.15, 0.2) is 5.69 Å². The maximum absolute atomic E-state index is 11.0. The Balaban J connectivity index is 2.15. The Hall–Kier alpha value is -1.69. The van der Waals surface area contributed by atoms with E-state index in [1.165, 1.54) is 12.4 Å². The molecule has 1 aliphatic heterocycles. The van der Waals surface area contributed by atoms with Gasteiger partial charge >= 0.3 is 0 Å². The monoisotopic (exact) mass is 208 g/mol. The Morgan fingerprint density at radius 1 is 1.53 bits per heavy atom. The summed E-state index contributed by atoms with van der Waals surface area (Å²) in [6, 6.07) is 0. The van der Waals surface area contributed by atoms with Crippen molar-refractivity contribution in [1.29, 1.82) is 0 Å². The third kappa shape index (κ3) is 2.21. The van der Waals surface area contributed by atoms with Gasteiger partial charge < -0.3 is 15.8 Å². The normalized spacial score (nSPS) is 20.1. The fourth-order valence-electron chi connectivity index (χ4n) is 1.47. The number of aromatic nitrogens is 2. The second-order valence-corrected chi connectivity index (χ2v) is 3.31. The summed E-state index contributed by atoms with van der Waals surface area (Å²) in [5, 5.41) is 3.15. The third-order valence-corrected chi connectivity index (χ3v) is 2.19. The van der Waals surface area contributed by atoms with Crippen LogP contribution in [0.1, 0.15) is 16.9 Å². The number of nitrogens with two attached hydrogens (primary N) is 1. The number of nitrogens with one attached hydrogen (secondary N) is 1. The zero-order valence-corrected chi connectivity index (χ0v) is 8.14. The van der Waals surface area contributed by atoms with Crippen molar-refractivity contribution < 1.29 is 9.53 Å². The molecule has 1 atom stereocenters. The van der Waals surface area contributed by atoms with Crippen molar-refractivity contribution in [3.63, 3.8) is 0 Å². The SMILES string of the molecule is NC(=O)c1nccnc1OC1CCNC1. The maximum Gasteiger partial charge on any atom is 0.272 e. The van der Waals surface area contributed by atoms with E-state index < -0.39 is 5.91 Å². The van der Waals surface area contributed by atoms with E-state index in [1.807, 2.05) is 0 Å². The highest BCUT2D eigenvalue weighted by Crippen LogP contribution is 2.14. The van der Waals surface area contributed by atoms with Gasteiger partial charge in [-0.2, -0.15) is 0 Å². The van der Waals surface area contributed by atoms with Crippen molar-refractivity contribution in [3.8, 4) is 5.88 Å². The van der Waals surface area contributed by atoms with E-state index in [4.69, 9.17) is 10.5 Å². The molecule has 15 heavy (non-hydrogen) atoms. The van der Waals surface area contributed by atoms with Gasteiger partial charge in [-0.3, -0.25) is 4.79 Å². The van der Waals surface area contributed by atoms with Gasteiger partial charge in [-0.15, -0.1) is 0 Å². The van der Waals surface area contributed by atoms with Crippen LogP contribution in [0, 0.1) is 0 Å². The number of primary amides is 1. The average molecular weight is 208 g/mol. The Morgan fingerprint density at radius 3 is 3.00 bits per heavy atom. The predicted octanol–water partition coefficient (Wildman–Crippen LogP) is -0.684. The van der Waals surface area contributed by atoms with Crippen LogP contribution in [-0.2, 0) is 0 Å². The van der Waals surface area contributed by atoms with E-state index in [1.54, 1.807) is 0 Å². The number of rotatable bonds is 3. The largest absolute Gasteiger partial charge is 0.471 e. The van der Waals surface area contributed by atoms with Gasteiger partial charge in [-0.25, -0.2) is 9.97 Å². The molecule has 1 aliphatic rings. The topological polar surface area (TPSA) is 90.1 Å². The zero-order valence-electron chi connectivity index (χ0n) is 8.14. The molecule has 0 saturated carbocycles. The molecule has 0 aliphatic carbocycles. The Bertz CT molecular complexity index is 363. The van der Waals surface area contributed by atoms with Crippen molar-refractivity contribution in [2.75, 3.05) is 13.1 Å². The van der Waals surface area contributed by atoms with Crippen LogP contribution in [-0.4, -0.2) is 35.1 Å². The molecule has 0 bridgehead atoms. The van der Waals surface area contributed by atoms with Gasteiger partial charge in [-0.1, -0.05) is 0 Å². The summed E-state index contributed by atoms with van der Waals surface area (Å²) in [6.07, 6.45) is 3.83. The van der Waals surface area contributed by atoms with Crippen LogP contribution in [0.5, 0.6) is 5.88 Å². The highest BCUT2D eigenvalue weighted by Gasteiger charge is 2.20. The lowest BCUT2D eigenvalue weighted by Crippen LogP contribution is -2.23. The molecular weight excluding hydrogens is 196 g/mol. The Morgan fingerprint density at radius 2 is 2.33 bits per heavy atom. The molecule has 1 saturated heterocycles. The summed E-state index contributed by atoms with van der Waals surface area (Å²) in [4.78, 5) is 18.8. The first-order valence-corrected chi connectivity index (χ1v) is 4.75. The van der Waals surface area contributed by atoms with Gasteiger partial charge in [0, 0.05) is 18.9 Å². The van der Waals surface area contributed by atoms with Crippen molar-refractivity contribution in [2.24, 2.45) is 5.73 Å². The second kappa shape index (κ2) is 4.22. The molecule has 6 nitrogen and oxygen atoms in total. The smallest absolute Gasteiger partial charge is 0.272 e. The molecule has 2 rings (SSSR count). The quantitative estimate of drug-likeness (QED) is 0.686. The van der Waals surface area contributed by atoms with E-state index in [0.717, 1.165) is 19.5 Å². The molecular formula is C9H12N4O2. The Kier molecular flexibility index (Phi) is 2.77. The minimum atomic E-state index is -0.621. The van der Waals surface area contributed by atoms with Crippen molar-refractivity contribution in [1.82, 2.24) is 15.3 Å². The molecule has 1 aromatic rings. The molecule has 0 radical (unpaired) electrons. The number of carbonyl (C=O) groups excluding carboxylic acids is 1. The molecule has 1 fully saturated rings. The Labute approximate surface area is 86.9 Å². The van der Waals surface area contributed by atoms with Gasteiger partial charge in [0.05, 0.1) is 0 Å². The summed E-state index contributed by atoms with van der Waals surface area (Å²) in [5.74, 6) is -0.400. The molecule has 0 aromatic carbocycles. The first kappa shape index (κ1) is 9.85. The standard InChI is InChI=1S/C9H12N4O2/c10-8(14)7-9(13-4-3-12-7)15-6-1-2-11-5-6/h3-4,6,11H,1-2,5H2,(H2,10,14). The van der Waals surface area contributed by atoms with Gasteiger partial charge in [0.2, 0.25) is 5.88 Å². The summed E-state index contributed by atoms with van der Waals surface area (Å²) < 4.78 is 5.53. The molecule has 80 valence electrons. The van der Waals surface area contributed by atoms with Crippen LogP contribution in [0.2, 0.25) is 0 Å². The van der Waals surface area contributed by atoms with Gasteiger partial charge in [0.1, 0.15) is 6.10 Å². The number of carbonyl (C=O) groups is 1. The molecule has 2 heterocycles. The fourth-order valence-corrected chi connectivity index (χ4v) is 1.47. The van der Waals surface area contributed by atoms with E-state index in [-0.39, 0.29) is 17.7 Å². The van der Waals surface area contributed by atoms with Crippen molar-refractivity contribution >= 4 is 5.91 Å². The first-order valence-electron chi connectivity index (χ1n) is 4.75. The molecule has 0 spiro atoms. The van der Waals surface area contributed by atoms with E-state index >= 15 is 0 Å². The number of hydrogen-bond acceptors (Lipinski definition) is 5. The highest BCUT2D eigenvalue weighted by atomic mass is 16.5. The lowest BCUT2D eigenvalue weighted by atomic mass is 10.3. The molecule has 1 unspecified atom stereocenters. The number of nitrogens with zero attached hydrogens (tertiary/aromatic N) is 2. The van der Waals surface area contributed by atoms with Crippen molar-refractivity contribution in [3.05, 3.63) is 18.1 Å². The molecule has 1 amide bonds. The minimum absolute atomic E-state index is 0.0415. The summed E-state index contributed by atoms with van der Waals surface area (Å²) in [6.45, 7) is 1.67. The highest BCUT2D eigenvalue weighted by molar-refractivity contribution is 5.92. The first-order chi connectivity index (χ1) is 7.27. The average Bonchev–Trinajstić information content (AvgIpc) is 2.71. The lowest BCUT2D eigenvalue weighted by Gasteiger charge is -2.12. The van der Waals surface area contributed by atoms with Gasteiger partial charge in [0.25, 0.3) is 5.91 Å². The van der Waals surface area contributed by atoms with Crippen LogP contribution in [0.15, 0.2) is 12.4 Å². The van der Waals surface area contributed by atoms with Gasteiger partial charge in [-0.05, 0) is 13.0 Å². The minimum Gasteiger partial charge on any atom is -0.471 e. The molecule has 1 aromatic heterocycles. The molecule has 6 heteroatoms. The van der Waals surface area contributed by atoms with Crippen LogP contribution >= 0.6 is 0 Å². The maximum atomic E-state index is 11.0. The van der Waals surface area contributed by atoms with E-state index in [0.29, 0.717) is 0 Å². The summed E-state index contributed by atoms with van der Waals surface area (Å²) in [7, 11) is 0. The third-order valence-electron chi connectivity index (χ3n) is 2.19.